The van der Waals surface area contributed by atoms with Crippen LogP contribution in [-0.2, 0) is 33.5 Å². The first-order valence-electron chi connectivity index (χ1n) is 15.8. The predicted molar refractivity (Wildman–Crippen MR) is 172 cm³/mol. The van der Waals surface area contributed by atoms with Crippen LogP contribution >= 0.6 is 0 Å². The summed E-state index contributed by atoms with van der Waals surface area (Å²) in [6.07, 6.45) is 15.1. The molecule has 3 nitrogen and oxygen atoms in total. The molecule has 0 aliphatic heterocycles. The van der Waals surface area contributed by atoms with E-state index < -0.39 is 5.97 Å². The van der Waals surface area contributed by atoms with Crippen LogP contribution in [0.3, 0.4) is 0 Å². The monoisotopic (exact) mass is 560 g/mol. The lowest BCUT2D eigenvalue weighted by Crippen LogP contribution is -2.41. The van der Waals surface area contributed by atoms with Crippen LogP contribution in [0.25, 0.3) is 0 Å². The third-order valence-corrected chi connectivity index (χ3v) is 8.21. The highest BCUT2D eigenvalue weighted by Gasteiger charge is 2.33. The molecule has 0 spiro atoms. The second kappa shape index (κ2) is 20.6. The topological polar surface area (TPSA) is 27.7 Å². The zero-order valence-electron chi connectivity index (χ0n) is 24.9. The summed E-state index contributed by atoms with van der Waals surface area (Å²) in [6, 6.07) is 33.1. The number of hydrogen-bond acceptors (Lipinski definition) is 3. The van der Waals surface area contributed by atoms with Crippen LogP contribution in [0.1, 0.15) is 80.9 Å². The molecule has 0 aliphatic rings. The standard InChI is InChI=1S/C36H52O3Si/c40-32-18-7-5-3-1-2-4-6-17-28-36(37-29-25-33-19-11-8-12-20-33,38-30-26-34-21-13-9-14-22-34)39-31-27-35-23-15-10-16-24-35/h8-16,19-24H,1-7,17-18,25-32H2,40H3. The van der Waals surface area contributed by atoms with Gasteiger partial charge in [-0.15, -0.1) is 0 Å². The molecule has 3 aromatic carbocycles. The summed E-state index contributed by atoms with van der Waals surface area (Å²) in [6.45, 7) is 1.71. The first-order valence-corrected chi connectivity index (χ1v) is 17.2. The van der Waals surface area contributed by atoms with Crippen molar-refractivity contribution in [2.75, 3.05) is 19.8 Å². The Morgan fingerprint density at radius 2 is 0.750 bits per heavy atom. The molecule has 0 fully saturated rings. The number of benzene rings is 3. The summed E-state index contributed by atoms with van der Waals surface area (Å²) in [7, 11) is 1.36. The van der Waals surface area contributed by atoms with Gasteiger partial charge in [-0.3, -0.25) is 0 Å². The Kier molecular flexibility index (Phi) is 16.6. The van der Waals surface area contributed by atoms with Gasteiger partial charge in [-0.05, 0) is 42.4 Å². The number of hydrogen-bond donors (Lipinski definition) is 0. The smallest absolute Gasteiger partial charge is 0.282 e. The maximum atomic E-state index is 6.55. The number of rotatable bonds is 23. The Hall–Kier alpha value is -2.24. The molecular weight excluding hydrogens is 508 g/mol. The van der Waals surface area contributed by atoms with E-state index in [1.807, 2.05) is 0 Å². The molecule has 0 saturated heterocycles. The van der Waals surface area contributed by atoms with Crippen molar-refractivity contribution >= 4 is 10.2 Å². The molecular formula is C36H52O3Si. The van der Waals surface area contributed by atoms with Gasteiger partial charge in [0.05, 0.1) is 19.8 Å². The lowest BCUT2D eigenvalue weighted by atomic mass is 10.1. The molecule has 0 amide bonds. The molecule has 218 valence electrons. The Morgan fingerprint density at radius 1 is 0.425 bits per heavy atom. The van der Waals surface area contributed by atoms with E-state index >= 15 is 0 Å². The van der Waals surface area contributed by atoms with Gasteiger partial charge in [0.15, 0.2) is 0 Å². The third kappa shape index (κ3) is 13.9. The number of unbranched alkanes of at least 4 members (excludes halogenated alkanes) is 8. The van der Waals surface area contributed by atoms with Gasteiger partial charge in [-0.25, -0.2) is 0 Å². The van der Waals surface area contributed by atoms with Crippen molar-refractivity contribution in [3.63, 3.8) is 0 Å². The summed E-state index contributed by atoms with van der Waals surface area (Å²) < 4.78 is 19.7. The first-order chi connectivity index (χ1) is 19.8. The van der Waals surface area contributed by atoms with Gasteiger partial charge in [0.2, 0.25) is 0 Å². The summed E-state index contributed by atoms with van der Waals surface area (Å²) in [5.74, 6) is -1.01. The summed E-state index contributed by atoms with van der Waals surface area (Å²) in [5.41, 5.74) is 3.81. The quantitative estimate of drug-likeness (QED) is 0.0666. The van der Waals surface area contributed by atoms with Gasteiger partial charge < -0.3 is 14.2 Å². The average Bonchev–Trinajstić information content (AvgIpc) is 3.00. The minimum Gasteiger partial charge on any atom is -0.327 e. The summed E-state index contributed by atoms with van der Waals surface area (Å²) >= 11 is 0. The fourth-order valence-electron chi connectivity index (χ4n) is 5.08. The molecule has 40 heavy (non-hydrogen) atoms. The van der Waals surface area contributed by atoms with E-state index in [0.717, 1.165) is 32.1 Å². The molecule has 0 aliphatic carbocycles. The maximum absolute atomic E-state index is 6.55. The molecule has 0 radical (unpaired) electrons. The molecule has 4 heteroatoms. The Morgan fingerprint density at radius 3 is 1.10 bits per heavy atom. The van der Waals surface area contributed by atoms with E-state index in [1.54, 1.807) is 0 Å². The fourth-order valence-corrected chi connectivity index (χ4v) is 5.58. The molecule has 0 N–H and O–H groups in total. The highest BCUT2D eigenvalue weighted by atomic mass is 28.1. The summed E-state index contributed by atoms with van der Waals surface area (Å²) in [4.78, 5) is 0. The van der Waals surface area contributed by atoms with E-state index in [0.29, 0.717) is 19.8 Å². The van der Waals surface area contributed by atoms with Crippen molar-refractivity contribution < 1.29 is 14.2 Å². The van der Waals surface area contributed by atoms with E-state index in [2.05, 4.69) is 91.0 Å². The van der Waals surface area contributed by atoms with Crippen LogP contribution in [-0.4, -0.2) is 36.0 Å². The molecule has 0 heterocycles. The molecule has 0 unspecified atom stereocenters. The van der Waals surface area contributed by atoms with Crippen molar-refractivity contribution in [1.82, 2.24) is 0 Å². The Balaban J connectivity index is 1.56. The Bertz CT molecular complexity index is 870. The third-order valence-electron chi connectivity index (χ3n) is 7.50. The van der Waals surface area contributed by atoms with Gasteiger partial charge >= 0.3 is 0 Å². The Labute approximate surface area is 247 Å². The van der Waals surface area contributed by atoms with E-state index in [9.17, 15) is 0 Å². The van der Waals surface area contributed by atoms with Crippen LogP contribution in [0.15, 0.2) is 91.0 Å². The minimum absolute atomic E-state index is 0.570. The van der Waals surface area contributed by atoms with E-state index in [-0.39, 0.29) is 0 Å². The zero-order chi connectivity index (χ0) is 28.0. The zero-order valence-corrected chi connectivity index (χ0v) is 26.9. The van der Waals surface area contributed by atoms with Gasteiger partial charge in [-0.2, -0.15) is 0 Å². The van der Waals surface area contributed by atoms with Crippen LogP contribution < -0.4 is 0 Å². The van der Waals surface area contributed by atoms with Crippen LogP contribution in [0.4, 0.5) is 0 Å². The van der Waals surface area contributed by atoms with Crippen LogP contribution in [0.5, 0.6) is 0 Å². The highest BCUT2D eigenvalue weighted by molar-refractivity contribution is 6.08. The van der Waals surface area contributed by atoms with Crippen molar-refractivity contribution in [2.45, 2.75) is 95.5 Å². The normalized spacial score (nSPS) is 11.7. The molecule has 0 saturated carbocycles. The van der Waals surface area contributed by atoms with E-state index in [1.165, 1.54) is 84.3 Å². The lowest BCUT2D eigenvalue weighted by molar-refractivity contribution is -0.383. The largest absolute Gasteiger partial charge is 0.327 e. The second-order valence-corrected chi connectivity index (χ2v) is 11.9. The van der Waals surface area contributed by atoms with Crippen LogP contribution in [0.2, 0.25) is 6.04 Å². The molecule has 0 bridgehead atoms. The molecule has 0 atom stereocenters. The molecule has 0 aromatic heterocycles. The first kappa shape index (κ1) is 32.3. The van der Waals surface area contributed by atoms with Gasteiger partial charge in [0, 0.05) is 16.7 Å². The SMILES string of the molecule is [SiH3]CCCCCCCCCCCC(OCCc1ccccc1)(OCCc1ccccc1)OCCc1ccccc1. The van der Waals surface area contributed by atoms with Crippen molar-refractivity contribution in [1.29, 1.82) is 0 Å². The highest BCUT2D eigenvalue weighted by Crippen LogP contribution is 2.26. The molecule has 3 rings (SSSR count). The maximum Gasteiger partial charge on any atom is 0.282 e. The van der Waals surface area contributed by atoms with Crippen LogP contribution in [0, 0.1) is 0 Å². The van der Waals surface area contributed by atoms with Gasteiger partial charge in [0.1, 0.15) is 0 Å². The lowest BCUT2D eigenvalue weighted by Gasteiger charge is -2.34. The summed E-state index contributed by atoms with van der Waals surface area (Å²) in [5, 5.41) is 0. The number of ether oxygens (including phenoxy) is 3. The fraction of sp³-hybridized carbons (Fsp3) is 0.500. The van der Waals surface area contributed by atoms with Crippen molar-refractivity contribution in [3.05, 3.63) is 108 Å². The van der Waals surface area contributed by atoms with Crippen molar-refractivity contribution in [2.24, 2.45) is 0 Å². The van der Waals surface area contributed by atoms with E-state index in [4.69, 9.17) is 14.2 Å². The average molecular weight is 561 g/mol. The predicted octanol–water partition coefficient (Wildman–Crippen LogP) is 8.10. The van der Waals surface area contributed by atoms with Gasteiger partial charge in [0.25, 0.3) is 5.97 Å². The second-order valence-electron chi connectivity index (χ2n) is 10.9. The molecule has 3 aromatic rings. The van der Waals surface area contributed by atoms with Gasteiger partial charge in [-0.1, -0.05) is 148 Å². The van der Waals surface area contributed by atoms with Crippen molar-refractivity contribution in [3.8, 4) is 0 Å². The minimum atomic E-state index is -1.01.